The Morgan fingerprint density at radius 3 is 2.76 bits per heavy atom. The van der Waals surface area contributed by atoms with Crippen molar-refractivity contribution in [3.05, 3.63) is 33.7 Å². The Hall–Kier alpha value is -1.58. The molecule has 4 heteroatoms. The van der Waals surface area contributed by atoms with Crippen molar-refractivity contribution >= 4 is 5.91 Å². The van der Waals surface area contributed by atoms with Gasteiger partial charge in [0.05, 0.1) is 0 Å². The summed E-state index contributed by atoms with van der Waals surface area (Å²) in [5, 5.41) is 2.84. The molecular formula is C13H18N2O2. The van der Waals surface area contributed by atoms with E-state index in [4.69, 9.17) is 0 Å². The van der Waals surface area contributed by atoms with Gasteiger partial charge in [-0.05, 0) is 25.2 Å². The van der Waals surface area contributed by atoms with Crippen LogP contribution in [-0.2, 0) is 0 Å². The SMILES string of the molecule is Cc1cc(=O)c(C(=O)NCC2(C)CCC2)c[nH]1. The summed E-state index contributed by atoms with van der Waals surface area (Å²) in [6.07, 6.45) is 5.02. The predicted octanol–water partition coefficient (Wildman–Crippen LogP) is 1.60. The molecule has 92 valence electrons. The zero-order valence-electron chi connectivity index (χ0n) is 10.3. The smallest absolute Gasteiger partial charge is 0.256 e. The average Bonchev–Trinajstić information content (AvgIpc) is 2.23. The lowest BCUT2D eigenvalue weighted by molar-refractivity contribution is 0.0889. The number of aromatic nitrogens is 1. The van der Waals surface area contributed by atoms with E-state index >= 15 is 0 Å². The number of rotatable bonds is 3. The van der Waals surface area contributed by atoms with Crippen molar-refractivity contribution in [1.29, 1.82) is 0 Å². The molecule has 2 rings (SSSR count). The van der Waals surface area contributed by atoms with Crippen LogP contribution in [0, 0.1) is 12.3 Å². The first-order valence-electron chi connectivity index (χ1n) is 5.98. The number of H-pyrrole nitrogens is 1. The fraction of sp³-hybridized carbons (Fsp3) is 0.538. The van der Waals surface area contributed by atoms with Gasteiger partial charge >= 0.3 is 0 Å². The van der Waals surface area contributed by atoms with Crippen LogP contribution >= 0.6 is 0 Å². The van der Waals surface area contributed by atoms with Gasteiger partial charge in [0.2, 0.25) is 0 Å². The molecule has 1 heterocycles. The van der Waals surface area contributed by atoms with Gasteiger partial charge < -0.3 is 10.3 Å². The van der Waals surface area contributed by atoms with Crippen LogP contribution in [0.25, 0.3) is 0 Å². The lowest BCUT2D eigenvalue weighted by atomic mass is 9.70. The van der Waals surface area contributed by atoms with Crippen LogP contribution in [0.2, 0.25) is 0 Å². The molecule has 0 aliphatic heterocycles. The Morgan fingerprint density at radius 1 is 1.53 bits per heavy atom. The van der Waals surface area contributed by atoms with Crippen LogP contribution in [0.1, 0.15) is 42.2 Å². The van der Waals surface area contributed by atoms with E-state index < -0.39 is 0 Å². The lowest BCUT2D eigenvalue weighted by Gasteiger charge is -2.38. The summed E-state index contributed by atoms with van der Waals surface area (Å²) in [4.78, 5) is 26.3. The zero-order valence-corrected chi connectivity index (χ0v) is 10.3. The molecule has 2 N–H and O–H groups in total. The normalized spacial score (nSPS) is 17.3. The molecule has 1 saturated carbocycles. The average molecular weight is 234 g/mol. The van der Waals surface area contributed by atoms with Gasteiger partial charge in [-0.3, -0.25) is 9.59 Å². The Bertz CT molecular complexity index is 486. The number of pyridine rings is 1. The highest BCUT2D eigenvalue weighted by Gasteiger charge is 2.32. The molecule has 0 radical (unpaired) electrons. The fourth-order valence-corrected chi connectivity index (χ4v) is 2.10. The van der Waals surface area contributed by atoms with E-state index in [1.54, 1.807) is 6.92 Å². The van der Waals surface area contributed by atoms with E-state index in [0.717, 1.165) is 18.5 Å². The van der Waals surface area contributed by atoms with Gasteiger partial charge in [0.15, 0.2) is 5.43 Å². The monoisotopic (exact) mass is 234 g/mol. The Balaban J connectivity index is 2.02. The molecule has 1 aromatic rings. The quantitative estimate of drug-likeness (QED) is 0.834. The zero-order chi connectivity index (χ0) is 12.5. The first-order chi connectivity index (χ1) is 8.00. The van der Waals surface area contributed by atoms with E-state index in [-0.39, 0.29) is 22.3 Å². The maximum Gasteiger partial charge on any atom is 0.256 e. The number of amides is 1. The second-order valence-corrected chi connectivity index (χ2v) is 5.24. The van der Waals surface area contributed by atoms with Crippen molar-refractivity contribution in [2.24, 2.45) is 5.41 Å². The minimum absolute atomic E-state index is 0.193. The van der Waals surface area contributed by atoms with Crippen molar-refractivity contribution in [3.63, 3.8) is 0 Å². The van der Waals surface area contributed by atoms with Gasteiger partial charge in [-0.2, -0.15) is 0 Å². The topological polar surface area (TPSA) is 62.0 Å². The highest BCUT2D eigenvalue weighted by Crippen LogP contribution is 2.39. The van der Waals surface area contributed by atoms with Gasteiger partial charge in [0.1, 0.15) is 5.56 Å². The van der Waals surface area contributed by atoms with E-state index in [0.29, 0.717) is 6.54 Å². The highest BCUT2D eigenvalue weighted by molar-refractivity contribution is 5.93. The molecule has 0 aromatic carbocycles. The number of carbonyl (C=O) groups excluding carboxylic acids is 1. The minimum atomic E-state index is -0.278. The molecule has 0 bridgehead atoms. The van der Waals surface area contributed by atoms with Gasteiger partial charge in [-0.1, -0.05) is 13.3 Å². The van der Waals surface area contributed by atoms with Gasteiger partial charge in [-0.15, -0.1) is 0 Å². The van der Waals surface area contributed by atoms with Crippen molar-refractivity contribution < 1.29 is 4.79 Å². The van der Waals surface area contributed by atoms with Crippen molar-refractivity contribution in [1.82, 2.24) is 10.3 Å². The van der Waals surface area contributed by atoms with E-state index in [9.17, 15) is 9.59 Å². The molecule has 1 aliphatic rings. The van der Waals surface area contributed by atoms with Crippen molar-refractivity contribution in [2.45, 2.75) is 33.1 Å². The number of aryl methyl sites for hydroxylation is 1. The lowest BCUT2D eigenvalue weighted by Crippen LogP contribution is -2.41. The molecule has 0 spiro atoms. The largest absolute Gasteiger partial charge is 0.364 e. The summed E-state index contributed by atoms with van der Waals surface area (Å²) >= 11 is 0. The number of hydrogen-bond acceptors (Lipinski definition) is 2. The minimum Gasteiger partial charge on any atom is -0.364 e. The highest BCUT2D eigenvalue weighted by atomic mass is 16.2. The summed E-state index contributed by atoms with van der Waals surface area (Å²) in [5.74, 6) is -0.278. The second kappa shape index (κ2) is 4.35. The van der Waals surface area contributed by atoms with Crippen LogP contribution < -0.4 is 10.7 Å². The number of carbonyl (C=O) groups is 1. The standard InChI is InChI=1S/C13H18N2O2/c1-9-6-11(16)10(7-14-9)12(17)15-8-13(2)4-3-5-13/h6-7H,3-5,8H2,1-2H3,(H,14,16)(H,15,17). The van der Waals surface area contributed by atoms with Crippen LogP contribution in [0.5, 0.6) is 0 Å². The van der Waals surface area contributed by atoms with Gasteiger partial charge in [-0.25, -0.2) is 0 Å². The first-order valence-corrected chi connectivity index (χ1v) is 5.98. The third kappa shape index (κ3) is 2.57. The van der Waals surface area contributed by atoms with Crippen molar-refractivity contribution in [3.8, 4) is 0 Å². The molecule has 1 fully saturated rings. The maximum absolute atomic E-state index is 11.8. The number of nitrogens with one attached hydrogen (secondary N) is 2. The summed E-state index contributed by atoms with van der Waals surface area (Å²) in [5.41, 5.74) is 0.959. The van der Waals surface area contributed by atoms with Gasteiger partial charge in [0, 0.05) is 24.5 Å². The van der Waals surface area contributed by atoms with E-state index in [1.165, 1.54) is 18.7 Å². The van der Waals surface area contributed by atoms with Crippen LogP contribution in [0.4, 0.5) is 0 Å². The van der Waals surface area contributed by atoms with E-state index in [1.807, 2.05) is 0 Å². The second-order valence-electron chi connectivity index (χ2n) is 5.24. The Labute approximate surface area is 100 Å². The van der Waals surface area contributed by atoms with Crippen molar-refractivity contribution in [2.75, 3.05) is 6.54 Å². The third-order valence-electron chi connectivity index (χ3n) is 3.54. The first kappa shape index (κ1) is 11.9. The Kier molecular flexibility index (Phi) is 3.05. The predicted molar refractivity (Wildman–Crippen MR) is 66.1 cm³/mol. The van der Waals surface area contributed by atoms with Gasteiger partial charge in [0.25, 0.3) is 5.91 Å². The fourth-order valence-electron chi connectivity index (χ4n) is 2.10. The molecule has 1 aliphatic carbocycles. The molecule has 0 atom stereocenters. The molecule has 0 unspecified atom stereocenters. The molecule has 4 nitrogen and oxygen atoms in total. The molecule has 0 saturated heterocycles. The Morgan fingerprint density at radius 2 is 2.24 bits per heavy atom. The summed E-state index contributed by atoms with van der Waals surface area (Å²) < 4.78 is 0. The molecule has 17 heavy (non-hydrogen) atoms. The van der Waals surface area contributed by atoms with Crippen LogP contribution in [0.3, 0.4) is 0 Å². The van der Waals surface area contributed by atoms with Crippen LogP contribution in [0.15, 0.2) is 17.1 Å². The third-order valence-corrected chi connectivity index (χ3v) is 3.54. The summed E-state index contributed by atoms with van der Waals surface area (Å²) in [6, 6.07) is 1.44. The van der Waals surface area contributed by atoms with Crippen LogP contribution in [-0.4, -0.2) is 17.4 Å². The van der Waals surface area contributed by atoms with E-state index in [2.05, 4.69) is 17.2 Å². The molecule has 1 amide bonds. The molecular weight excluding hydrogens is 216 g/mol. The number of aromatic amines is 1. The molecule has 1 aromatic heterocycles. The summed E-state index contributed by atoms with van der Waals surface area (Å²) in [6.45, 7) is 4.60. The summed E-state index contributed by atoms with van der Waals surface area (Å²) in [7, 11) is 0. The maximum atomic E-state index is 11.8. The number of hydrogen-bond donors (Lipinski definition) is 2.